The fourth-order valence-electron chi connectivity index (χ4n) is 3.06. The molecule has 0 spiro atoms. The molecule has 1 amide bonds. The molecule has 158 valence electrons. The number of halogens is 1. The number of amides is 1. The summed E-state index contributed by atoms with van der Waals surface area (Å²) in [7, 11) is 0. The van der Waals surface area contributed by atoms with E-state index in [9.17, 15) is 9.59 Å². The van der Waals surface area contributed by atoms with Gasteiger partial charge >= 0.3 is 0 Å². The van der Waals surface area contributed by atoms with Crippen LogP contribution in [-0.4, -0.2) is 38.6 Å². The van der Waals surface area contributed by atoms with Gasteiger partial charge < -0.3 is 10.1 Å². The Labute approximate surface area is 179 Å². The second kappa shape index (κ2) is 9.13. The molecule has 2 aromatic heterocycles. The van der Waals surface area contributed by atoms with Crippen LogP contribution in [0.3, 0.4) is 0 Å². The maximum Gasteiger partial charge on any atom is 0.266 e. The summed E-state index contributed by atoms with van der Waals surface area (Å²) in [4.78, 5) is 24.2. The largest absolute Gasteiger partial charge is 0.484 e. The van der Waals surface area contributed by atoms with Crippen molar-refractivity contribution < 1.29 is 9.53 Å². The number of nitrogens with zero attached hydrogens (tertiary/aromatic N) is 4. The van der Waals surface area contributed by atoms with Gasteiger partial charge in [0, 0.05) is 23.3 Å². The summed E-state index contributed by atoms with van der Waals surface area (Å²) in [6.07, 6.45) is 0. The van der Waals surface area contributed by atoms with Crippen LogP contribution in [0, 0.1) is 27.7 Å². The monoisotopic (exact) mass is 429 g/mol. The third-order valence-electron chi connectivity index (χ3n) is 4.50. The van der Waals surface area contributed by atoms with Crippen LogP contribution in [0.25, 0.3) is 5.82 Å². The fourth-order valence-corrected chi connectivity index (χ4v) is 3.17. The lowest BCUT2D eigenvalue weighted by atomic mass is 10.1. The molecule has 3 rings (SSSR count). The zero-order valence-electron chi connectivity index (χ0n) is 17.4. The molecule has 8 nitrogen and oxygen atoms in total. The van der Waals surface area contributed by atoms with Crippen molar-refractivity contribution in [3.63, 3.8) is 0 Å². The molecule has 0 aliphatic rings. The maximum atomic E-state index is 12.1. The van der Waals surface area contributed by atoms with Gasteiger partial charge in [0.2, 0.25) is 0 Å². The van der Waals surface area contributed by atoms with Crippen LogP contribution in [0.4, 0.5) is 0 Å². The van der Waals surface area contributed by atoms with Crippen molar-refractivity contribution in [2.75, 3.05) is 13.2 Å². The van der Waals surface area contributed by atoms with Crippen molar-refractivity contribution >= 4 is 17.5 Å². The lowest BCUT2D eigenvalue weighted by molar-refractivity contribution is -0.123. The van der Waals surface area contributed by atoms with Crippen molar-refractivity contribution in [2.24, 2.45) is 0 Å². The van der Waals surface area contributed by atoms with Crippen molar-refractivity contribution in [3.05, 3.63) is 68.2 Å². The molecule has 0 atom stereocenters. The van der Waals surface area contributed by atoms with E-state index < -0.39 is 0 Å². The van der Waals surface area contributed by atoms with Crippen LogP contribution in [0.15, 0.2) is 35.1 Å². The first-order valence-corrected chi connectivity index (χ1v) is 9.90. The van der Waals surface area contributed by atoms with E-state index in [4.69, 9.17) is 16.3 Å². The zero-order chi connectivity index (χ0) is 21.8. The highest BCUT2D eigenvalue weighted by atomic mass is 35.5. The molecule has 0 saturated carbocycles. The minimum atomic E-state index is -0.289. The Morgan fingerprint density at radius 2 is 1.80 bits per heavy atom. The highest BCUT2D eigenvalue weighted by molar-refractivity contribution is 6.32. The normalized spacial score (nSPS) is 10.8. The molecule has 0 aliphatic heterocycles. The quantitative estimate of drug-likeness (QED) is 0.623. The molecule has 0 aliphatic carbocycles. The summed E-state index contributed by atoms with van der Waals surface area (Å²) < 4.78 is 8.52. The number of aryl methyl sites for hydroxylation is 4. The molecule has 0 saturated heterocycles. The molecule has 0 unspecified atom stereocenters. The first kappa shape index (κ1) is 21.6. The van der Waals surface area contributed by atoms with Gasteiger partial charge in [-0.2, -0.15) is 5.10 Å². The highest BCUT2D eigenvalue weighted by Gasteiger charge is 2.09. The van der Waals surface area contributed by atoms with E-state index in [1.165, 1.54) is 10.7 Å². The van der Waals surface area contributed by atoms with Crippen LogP contribution in [0.5, 0.6) is 5.75 Å². The summed E-state index contributed by atoms with van der Waals surface area (Å²) in [6.45, 7) is 7.92. The van der Waals surface area contributed by atoms with Gasteiger partial charge in [-0.3, -0.25) is 9.59 Å². The van der Waals surface area contributed by atoms with Crippen LogP contribution in [0.2, 0.25) is 5.02 Å². The Kier molecular flexibility index (Phi) is 6.56. The Hall–Kier alpha value is -3.13. The van der Waals surface area contributed by atoms with Gasteiger partial charge in [0.15, 0.2) is 12.4 Å². The molecule has 9 heteroatoms. The maximum absolute atomic E-state index is 12.1. The summed E-state index contributed by atoms with van der Waals surface area (Å²) in [5.41, 5.74) is 3.31. The summed E-state index contributed by atoms with van der Waals surface area (Å²) >= 11 is 6.14. The summed E-state index contributed by atoms with van der Waals surface area (Å²) in [5, 5.41) is 12.1. The first-order valence-electron chi connectivity index (χ1n) is 9.52. The van der Waals surface area contributed by atoms with Gasteiger partial charge in [-0.25, -0.2) is 9.36 Å². The molecule has 30 heavy (non-hydrogen) atoms. The van der Waals surface area contributed by atoms with Crippen molar-refractivity contribution in [1.29, 1.82) is 0 Å². The van der Waals surface area contributed by atoms with E-state index in [-0.39, 0.29) is 31.2 Å². The molecular formula is C21H24ClN5O3. The van der Waals surface area contributed by atoms with Crippen molar-refractivity contribution in [2.45, 2.75) is 34.2 Å². The predicted octanol–water partition coefficient (Wildman–Crippen LogP) is 2.51. The van der Waals surface area contributed by atoms with Gasteiger partial charge in [0.25, 0.3) is 11.5 Å². The number of rotatable bonds is 7. The average Bonchev–Trinajstić information content (AvgIpc) is 3.03. The van der Waals surface area contributed by atoms with Crippen LogP contribution >= 0.6 is 11.6 Å². The number of nitrogens with one attached hydrogen (secondary N) is 1. The van der Waals surface area contributed by atoms with Crippen LogP contribution in [0.1, 0.15) is 22.5 Å². The number of carbonyl (C=O) groups is 1. The zero-order valence-corrected chi connectivity index (χ0v) is 18.2. The number of hydrogen-bond acceptors (Lipinski definition) is 5. The van der Waals surface area contributed by atoms with E-state index in [0.717, 1.165) is 22.5 Å². The smallest absolute Gasteiger partial charge is 0.266 e. The second-order valence-electron chi connectivity index (χ2n) is 7.10. The van der Waals surface area contributed by atoms with Crippen molar-refractivity contribution in [3.8, 4) is 11.6 Å². The SMILES string of the molecule is Cc1cc(C)n(-c2ccc(=O)n(CCNC(=O)COc3cc(C)c(Cl)c(C)c3)n2)n1. The molecule has 1 aromatic carbocycles. The van der Waals surface area contributed by atoms with Gasteiger partial charge in [-0.1, -0.05) is 11.6 Å². The topological polar surface area (TPSA) is 91.0 Å². The molecule has 0 bridgehead atoms. The van der Waals surface area contributed by atoms with E-state index in [1.54, 1.807) is 22.9 Å². The molecule has 0 fully saturated rings. The third-order valence-corrected chi connectivity index (χ3v) is 5.10. The molecular weight excluding hydrogens is 406 g/mol. The molecule has 2 heterocycles. The average molecular weight is 430 g/mol. The Balaban J connectivity index is 1.56. The lowest BCUT2D eigenvalue weighted by Crippen LogP contribution is -2.34. The Morgan fingerprint density at radius 3 is 2.43 bits per heavy atom. The first-order chi connectivity index (χ1) is 14.2. The number of aromatic nitrogens is 4. The number of hydrogen-bond donors (Lipinski definition) is 1. The third kappa shape index (κ3) is 5.07. The molecule has 3 aromatic rings. The van der Waals surface area contributed by atoms with Crippen LogP contribution in [-0.2, 0) is 11.3 Å². The lowest BCUT2D eigenvalue weighted by Gasteiger charge is -2.11. The number of benzene rings is 1. The summed E-state index contributed by atoms with van der Waals surface area (Å²) in [6, 6.07) is 8.57. The van der Waals surface area contributed by atoms with E-state index >= 15 is 0 Å². The van der Waals surface area contributed by atoms with E-state index in [2.05, 4.69) is 15.5 Å². The van der Waals surface area contributed by atoms with Gasteiger partial charge in [-0.05, 0) is 63.1 Å². The summed E-state index contributed by atoms with van der Waals surface area (Å²) in [5.74, 6) is 0.839. The van der Waals surface area contributed by atoms with E-state index in [0.29, 0.717) is 16.6 Å². The minimum Gasteiger partial charge on any atom is -0.484 e. The Morgan fingerprint density at radius 1 is 1.10 bits per heavy atom. The van der Waals surface area contributed by atoms with Crippen molar-refractivity contribution in [1.82, 2.24) is 24.9 Å². The highest BCUT2D eigenvalue weighted by Crippen LogP contribution is 2.25. The molecule has 0 radical (unpaired) electrons. The standard InChI is InChI=1S/C21H24ClN5O3/c1-13-9-17(10-14(2)21(13)22)30-12-19(28)23-7-8-26-20(29)6-5-18(25-26)27-16(4)11-15(3)24-27/h5-6,9-11H,7-8,12H2,1-4H3,(H,23,28). The number of carbonyl (C=O) groups excluding carboxylic acids is 1. The van der Waals surface area contributed by atoms with Crippen LogP contribution < -0.4 is 15.6 Å². The van der Waals surface area contributed by atoms with Gasteiger partial charge in [-0.15, -0.1) is 5.10 Å². The predicted molar refractivity (Wildman–Crippen MR) is 115 cm³/mol. The van der Waals surface area contributed by atoms with Gasteiger partial charge in [0.1, 0.15) is 5.75 Å². The number of ether oxygens (including phenoxy) is 1. The molecule has 1 N–H and O–H groups in total. The fraction of sp³-hybridized carbons (Fsp3) is 0.333. The minimum absolute atomic E-state index is 0.130. The van der Waals surface area contributed by atoms with Gasteiger partial charge in [0.05, 0.1) is 12.2 Å². The second-order valence-corrected chi connectivity index (χ2v) is 7.48. The Bertz CT molecular complexity index is 1110. The van der Waals surface area contributed by atoms with E-state index in [1.807, 2.05) is 33.8 Å².